The molecule has 2 amide bonds. The van der Waals surface area contributed by atoms with E-state index in [4.69, 9.17) is 4.74 Å². The lowest BCUT2D eigenvalue weighted by Crippen LogP contribution is -2.55. The summed E-state index contributed by atoms with van der Waals surface area (Å²) in [6.07, 6.45) is 4.64. The molecule has 6 nitrogen and oxygen atoms in total. The summed E-state index contributed by atoms with van der Waals surface area (Å²) in [4.78, 5) is 33.7. The van der Waals surface area contributed by atoms with Crippen LogP contribution in [-0.4, -0.2) is 52.4 Å². The Morgan fingerprint density at radius 2 is 2.04 bits per heavy atom. The average Bonchev–Trinajstić information content (AvgIpc) is 3.54. The average molecular weight is 379 g/mol. The summed E-state index contributed by atoms with van der Waals surface area (Å²) in [7, 11) is 1.79. The number of likely N-dealkylation sites (N-methyl/N-ethyl adjacent to an activating group) is 1. The van der Waals surface area contributed by atoms with E-state index in [0.717, 1.165) is 29.5 Å². The topological polar surface area (TPSA) is 62.7 Å². The van der Waals surface area contributed by atoms with Crippen molar-refractivity contribution < 1.29 is 14.3 Å². The summed E-state index contributed by atoms with van der Waals surface area (Å²) in [5.41, 5.74) is 3.08. The van der Waals surface area contributed by atoms with Crippen molar-refractivity contribution in [3.8, 4) is 0 Å². The van der Waals surface area contributed by atoms with Gasteiger partial charge in [-0.15, -0.1) is 0 Å². The van der Waals surface area contributed by atoms with Gasteiger partial charge in [0.15, 0.2) is 6.10 Å². The van der Waals surface area contributed by atoms with Crippen LogP contribution in [0, 0.1) is 6.92 Å². The Hall–Kier alpha value is -2.73. The third-order valence-corrected chi connectivity index (χ3v) is 5.52. The number of nitrogens with zero attached hydrogens (tertiary/aromatic N) is 3. The largest absolute Gasteiger partial charge is 0.356 e. The highest BCUT2D eigenvalue weighted by Gasteiger charge is 2.48. The Bertz CT molecular complexity index is 866. The monoisotopic (exact) mass is 379 g/mol. The minimum absolute atomic E-state index is 0.0537. The zero-order chi connectivity index (χ0) is 19.7. The van der Waals surface area contributed by atoms with E-state index in [0.29, 0.717) is 6.54 Å². The molecule has 1 aromatic heterocycles. The molecule has 1 saturated heterocycles. The molecule has 2 fully saturated rings. The molecule has 0 spiro atoms. The van der Waals surface area contributed by atoms with E-state index in [9.17, 15) is 9.59 Å². The fourth-order valence-electron chi connectivity index (χ4n) is 3.84. The molecule has 0 bridgehead atoms. The molecule has 0 radical (unpaired) electrons. The third-order valence-electron chi connectivity index (χ3n) is 5.52. The van der Waals surface area contributed by atoms with E-state index in [2.05, 4.69) is 4.98 Å². The SMILES string of the molecule is Cc1ccccc1CN(C)C(=O)[C@H]1OCC(=O)N(C2CC2)[C@@H]1c1cccnc1. The number of hydrogen-bond acceptors (Lipinski definition) is 4. The van der Waals surface area contributed by atoms with Gasteiger partial charge >= 0.3 is 0 Å². The van der Waals surface area contributed by atoms with Gasteiger partial charge in [-0.2, -0.15) is 0 Å². The van der Waals surface area contributed by atoms with Crippen molar-refractivity contribution in [2.45, 2.75) is 44.5 Å². The van der Waals surface area contributed by atoms with Crippen LogP contribution >= 0.6 is 0 Å². The Morgan fingerprint density at radius 3 is 2.71 bits per heavy atom. The molecule has 2 heterocycles. The van der Waals surface area contributed by atoms with Crippen LogP contribution in [0.25, 0.3) is 0 Å². The molecule has 2 atom stereocenters. The molecule has 1 aliphatic carbocycles. The Balaban J connectivity index is 1.61. The van der Waals surface area contributed by atoms with E-state index in [1.54, 1.807) is 24.3 Å². The molecule has 1 saturated carbocycles. The standard InChI is InChI=1S/C22H25N3O3/c1-15-6-3-4-7-17(15)13-24(2)22(27)21-20(16-8-5-11-23-12-16)25(18-9-10-18)19(26)14-28-21/h3-8,11-12,18,20-21H,9-10,13-14H2,1-2H3/t20-,21+/m1/s1. The van der Waals surface area contributed by atoms with Crippen LogP contribution in [0.4, 0.5) is 0 Å². The predicted octanol–water partition coefficient (Wildman–Crippen LogP) is 2.48. The first kappa shape index (κ1) is 18.6. The van der Waals surface area contributed by atoms with Crippen molar-refractivity contribution >= 4 is 11.8 Å². The molecule has 0 N–H and O–H groups in total. The molecular formula is C22H25N3O3. The lowest BCUT2D eigenvalue weighted by Gasteiger charge is -2.41. The van der Waals surface area contributed by atoms with Gasteiger partial charge in [0, 0.05) is 32.0 Å². The predicted molar refractivity (Wildman–Crippen MR) is 104 cm³/mol. The fourth-order valence-corrected chi connectivity index (χ4v) is 3.84. The van der Waals surface area contributed by atoms with Crippen LogP contribution in [-0.2, 0) is 20.9 Å². The van der Waals surface area contributed by atoms with Gasteiger partial charge < -0.3 is 14.5 Å². The summed E-state index contributed by atoms with van der Waals surface area (Å²) < 4.78 is 5.81. The molecule has 6 heteroatoms. The number of ether oxygens (including phenoxy) is 1. The third kappa shape index (κ3) is 3.64. The van der Waals surface area contributed by atoms with Crippen LogP contribution in [0.1, 0.15) is 35.6 Å². The summed E-state index contributed by atoms with van der Waals surface area (Å²) >= 11 is 0. The normalized spacial score (nSPS) is 22.2. The van der Waals surface area contributed by atoms with Crippen LogP contribution in [0.3, 0.4) is 0 Å². The van der Waals surface area contributed by atoms with E-state index in [1.807, 2.05) is 48.2 Å². The first-order valence-electron chi connectivity index (χ1n) is 9.68. The van der Waals surface area contributed by atoms with E-state index < -0.39 is 12.1 Å². The zero-order valence-corrected chi connectivity index (χ0v) is 16.2. The number of carbonyl (C=O) groups is 2. The molecule has 4 rings (SSSR count). The maximum atomic E-state index is 13.3. The van der Waals surface area contributed by atoms with Crippen LogP contribution in [0.15, 0.2) is 48.8 Å². The van der Waals surface area contributed by atoms with Crippen molar-refractivity contribution in [3.05, 3.63) is 65.5 Å². The number of hydrogen-bond donors (Lipinski definition) is 0. The maximum Gasteiger partial charge on any atom is 0.254 e. The van der Waals surface area contributed by atoms with Gasteiger partial charge in [0.25, 0.3) is 5.91 Å². The van der Waals surface area contributed by atoms with Gasteiger partial charge in [0.2, 0.25) is 5.91 Å². The number of pyridine rings is 1. The van der Waals surface area contributed by atoms with E-state index in [-0.39, 0.29) is 24.5 Å². The minimum atomic E-state index is -0.725. The van der Waals surface area contributed by atoms with Crippen LogP contribution in [0.5, 0.6) is 0 Å². The van der Waals surface area contributed by atoms with Crippen LogP contribution < -0.4 is 0 Å². The minimum Gasteiger partial charge on any atom is -0.356 e. The second kappa shape index (κ2) is 7.72. The molecule has 1 aliphatic heterocycles. The summed E-state index contributed by atoms with van der Waals surface area (Å²) in [6.45, 7) is 2.49. The summed E-state index contributed by atoms with van der Waals surface area (Å²) in [5.74, 6) is -0.169. The van der Waals surface area contributed by atoms with Gasteiger partial charge in [-0.3, -0.25) is 14.6 Å². The lowest BCUT2D eigenvalue weighted by molar-refractivity contribution is -0.170. The van der Waals surface area contributed by atoms with Gasteiger partial charge in [-0.05, 0) is 42.5 Å². The number of aryl methyl sites for hydroxylation is 1. The number of carbonyl (C=O) groups excluding carboxylic acids is 2. The first-order chi connectivity index (χ1) is 13.6. The van der Waals surface area contributed by atoms with Gasteiger partial charge in [0.05, 0.1) is 6.04 Å². The van der Waals surface area contributed by atoms with Gasteiger partial charge in [-0.25, -0.2) is 0 Å². The van der Waals surface area contributed by atoms with Crippen LogP contribution in [0.2, 0.25) is 0 Å². The van der Waals surface area contributed by atoms with Crippen molar-refractivity contribution in [1.82, 2.24) is 14.8 Å². The van der Waals surface area contributed by atoms with E-state index >= 15 is 0 Å². The second-order valence-electron chi connectivity index (χ2n) is 7.62. The maximum absolute atomic E-state index is 13.3. The fraction of sp³-hybridized carbons (Fsp3) is 0.409. The van der Waals surface area contributed by atoms with Gasteiger partial charge in [-0.1, -0.05) is 30.3 Å². The highest BCUT2D eigenvalue weighted by molar-refractivity contribution is 5.86. The molecule has 146 valence electrons. The number of aromatic nitrogens is 1. The first-order valence-corrected chi connectivity index (χ1v) is 9.68. The molecular weight excluding hydrogens is 354 g/mol. The quantitative estimate of drug-likeness (QED) is 0.801. The van der Waals surface area contributed by atoms with Crippen molar-refractivity contribution in [2.24, 2.45) is 0 Å². The number of rotatable bonds is 5. The highest BCUT2D eigenvalue weighted by atomic mass is 16.5. The summed E-state index contributed by atoms with van der Waals surface area (Å²) in [5, 5.41) is 0. The van der Waals surface area contributed by atoms with Crippen molar-refractivity contribution in [3.63, 3.8) is 0 Å². The smallest absolute Gasteiger partial charge is 0.254 e. The van der Waals surface area contributed by atoms with Crippen molar-refractivity contribution in [2.75, 3.05) is 13.7 Å². The Labute approximate surface area is 165 Å². The second-order valence-corrected chi connectivity index (χ2v) is 7.62. The molecule has 1 aromatic carbocycles. The summed E-state index contributed by atoms with van der Waals surface area (Å²) in [6, 6.07) is 11.5. The number of benzene rings is 1. The Kier molecular flexibility index (Phi) is 5.13. The highest BCUT2D eigenvalue weighted by Crippen LogP contribution is 2.39. The molecule has 2 aromatic rings. The van der Waals surface area contributed by atoms with Crippen molar-refractivity contribution in [1.29, 1.82) is 0 Å². The van der Waals surface area contributed by atoms with E-state index in [1.165, 1.54) is 0 Å². The molecule has 0 unspecified atom stereocenters. The van der Waals surface area contributed by atoms with Gasteiger partial charge in [0.1, 0.15) is 6.61 Å². The number of amides is 2. The lowest BCUT2D eigenvalue weighted by atomic mass is 9.97. The molecule has 28 heavy (non-hydrogen) atoms. The zero-order valence-electron chi connectivity index (χ0n) is 16.2. The Morgan fingerprint density at radius 1 is 1.25 bits per heavy atom. The number of morpholine rings is 1. The molecule has 2 aliphatic rings.